The molecule has 0 aliphatic carbocycles. The van der Waals surface area contributed by atoms with Gasteiger partial charge >= 0.3 is 5.97 Å². The predicted molar refractivity (Wildman–Crippen MR) is 61.8 cm³/mol. The average Bonchev–Trinajstić information content (AvgIpc) is 2.91. The summed E-state index contributed by atoms with van der Waals surface area (Å²) in [4.78, 5) is 29.4. The maximum atomic E-state index is 11.8. The number of H-pyrrole nitrogens is 1. The third kappa shape index (κ3) is 3.47. The monoisotopic (exact) mass is 267 g/mol. The summed E-state index contributed by atoms with van der Waals surface area (Å²) in [5, 5.41) is 11.4. The average molecular weight is 267 g/mol. The molecule has 0 radical (unpaired) electrons. The number of carboxylic acid groups (broad SMARTS) is 1. The van der Waals surface area contributed by atoms with Gasteiger partial charge in [-0.05, 0) is 0 Å². The minimum absolute atomic E-state index is 0.0258. The zero-order valence-corrected chi connectivity index (χ0v) is 9.96. The number of amides is 1. The SMILES string of the molecule is O=C(N[C@H](Cc1cnc[nH]1)C(=O)O)C1=COCCO1. The van der Waals surface area contributed by atoms with Crippen LogP contribution in [0.25, 0.3) is 0 Å². The van der Waals surface area contributed by atoms with Crippen molar-refractivity contribution in [1.29, 1.82) is 0 Å². The van der Waals surface area contributed by atoms with E-state index < -0.39 is 17.9 Å². The lowest BCUT2D eigenvalue weighted by atomic mass is 10.1. The molecule has 0 aromatic carbocycles. The lowest BCUT2D eigenvalue weighted by Crippen LogP contribution is -2.43. The van der Waals surface area contributed by atoms with Gasteiger partial charge in [-0.15, -0.1) is 0 Å². The highest BCUT2D eigenvalue weighted by Gasteiger charge is 2.24. The minimum Gasteiger partial charge on any atom is -0.494 e. The van der Waals surface area contributed by atoms with Crippen LogP contribution in [0.3, 0.4) is 0 Å². The number of imidazole rings is 1. The van der Waals surface area contributed by atoms with E-state index in [2.05, 4.69) is 15.3 Å². The number of rotatable bonds is 5. The van der Waals surface area contributed by atoms with E-state index in [0.29, 0.717) is 12.3 Å². The largest absolute Gasteiger partial charge is 0.494 e. The highest BCUT2D eigenvalue weighted by atomic mass is 16.6. The number of nitrogens with zero attached hydrogens (tertiary/aromatic N) is 1. The van der Waals surface area contributed by atoms with Crippen molar-refractivity contribution in [2.75, 3.05) is 13.2 Å². The second-order valence-electron chi connectivity index (χ2n) is 3.85. The molecule has 1 aromatic rings. The van der Waals surface area contributed by atoms with Crippen LogP contribution < -0.4 is 5.32 Å². The highest BCUT2D eigenvalue weighted by Crippen LogP contribution is 2.06. The summed E-state index contributed by atoms with van der Waals surface area (Å²) >= 11 is 0. The Labute approximate surface area is 108 Å². The maximum absolute atomic E-state index is 11.8. The van der Waals surface area contributed by atoms with Crippen LogP contribution in [-0.2, 0) is 25.5 Å². The molecule has 3 N–H and O–H groups in total. The molecule has 0 spiro atoms. The fraction of sp³-hybridized carbons (Fsp3) is 0.364. The molecule has 1 aliphatic rings. The van der Waals surface area contributed by atoms with E-state index in [1.54, 1.807) is 0 Å². The van der Waals surface area contributed by atoms with Crippen molar-refractivity contribution in [2.45, 2.75) is 12.5 Å². The normalized spacial score (nSPS) is 15.7. The molecule has 8 heteroatoms. The highest BCUT2D eigenvalue weighted by molar-refractivity contribution is 5.94. The lowest BCUT2D eigenvalue weighted by Gasteiger charge is -2.18. The summed E-state index contributed by atoms with van der Waals surface area (Å²) in [6, 6.07) is -1.07. The van der Waals surface area contributed by atoms with Crippen LogP contribution in [0.1, 0.15) is 5.69 Å². The van der Waals surface area contributed by atoms with Gasteiger partial charge in [0.1, 0.15) is 25.5 Å². The summed E-state index contributed by atoms with van der Waals surface area (Å²) in [5.74, 6) is -1.78. The Morgan fingerprint density at radius 1 is 1.53 bits per heavy atom. The van der Waals surface area contributed by atoms with Crippen molar-refractivity contribution in [1.82, 2.24) is 15.3 Å². The Hall–Kier alpha value is -2.51. The molecular weight excluding hydrogens is 254 g/mol. The van der Waals surface area contributed by atoms with Crippen molar-refractivity contribution < 1.29 is 24.2 Å². The molecule has 0 fully saturated rings. The number of aliphatic carboxylic acids is 1. The van der Waals surface area contributed by atoms with Crippen LogP contribution in [0, 0.1) is 0 Å². The summed E-state index contributed by atoms with van der Waals surface area (Å²) < 4.78 is 10.0. The number of aromatic nitrogens is 2. The molecule has 1 atom stereocenters. The Morgan fingerprint density at radius 3 is 2.95 bits per heavy atom. The van der Waals surface area contributed by atoms with E-state index >= 15 is 0 Å². The van der Waals surface area contributed by atoms with Crippen molar-refractivity contribution >= 4 is 11.9 Å². The molecule has 2 heterocycles. The van der Waals surface area contributed by atoms with E-state index in [4.69, 9.17) is 14.6 Å². The molecular formula is C11H13N3O5. The first-order valence-corrected chi connectivity index (χ1v) is 5.62. The molecule has 102 valence electrons. The van der Waals surface area contributed by atoms with Crippen molar-refractivity contribution in [3.63, 3.8) is 0 Å². The van der Waals surface area contributed by atoms with Crippen molar-refractivity contribution in [3.8, 4) is 0 Å². The number of carboxylic acids is 1. The molecule has 0 saturated heterocycles. The zero-order chi connectivity index (χ0) is 13.7. The summed E-state index contributed by atoms with van der Waals surface area (Å²) in [6.45, 7) is 0.630. The molecule has 19 heavy (non-hydrogen) atoms. The van der Waals surface area contributed by atoms with E-state index in [1.165, 1.54) is 18.8 Å². The first-order valence-electron chi connectivity index (χ1n) is 5.62. The molecule has 0 unspecified atom stereocenters. The minimum atomic E-state index is -1.14. The summed E-state index contributed by atoms with van der Waals surface area (Å²) in [5.41, 5.74) is 0.613. The number of aromatic amines is 1. The van der Waals surface area contributed by atoms with E-state index in [-0.39, 0.29) is 18.8 Å². The van der Waals surface area contributed by atoms with Gasteiger partial charge in [-0.25, -0.2) is 9.78 Å². The van der Waals surface area contributed by atoms with E-state index in [1.807, 2.05) is 0 Å². The molecule has 0 bridgehead atoms. The molecule has 0 saturated carbocycles. The fourth-order valence-corrected chi connectivity index (χ4v) is 1.53. The van der Waals surface area contributed by atoms with Gasteiger partial charge in [-0.3, -0.25) is 4.79 Å². The van der Waals surface area contributed by atoms with E-state index in [0.717, 1.165) is 0 Å². The fourth-order valence-electron chi connectivity index (χ4n) is 1.53. The van der Waals surface area contributed by atoms with Crippen molar-refractivity contribution in [2.24, 2.45) is 0 Å². The van der Waals surface area contributed by atoms with Gasteiger partial charge in [0, 0.05) is 18.3 Å². The first-order chi connectivity index (χ1) is 9.16. The molecule has 2 rings (SSSR count). The number of ether oxygens (including phenoxy) is 2. The standard InChI is InChI=1S/C11H13N3O5/c15-10(9-5-18-1-2-19-9)14-8(11(16)17)3-7-4-12-6-13-7/h4-6,8H,1-3H2,(H,12,13)(H,14,15)(H,16,17)/t8-/m1/s1. The number of hydrogen-bond donors (Lipinski definition) is 3. The number of nitrogens with one attached hydrogen (secondary N) is 2. The third-order valence-electron chi connectivity index (χ3n) is 2.46. The van der Waals surface area contributed by atoms with Gasteiger partial charge in [0.05, 0.1) is 6.33 Å². The Morgan fingerprint density at radius 2 is 2.37 bits per heavy atom. The molecule has 8 nitrogen and oxygen atoms in total. The lowest BCUT2D eigenvalue weighted by molar-refractivity contribution is -0.141. The molecule has 1 amide bonds. The van der Waals surface area contributed by atoms with E-state index in [9.17, 15) is 9.59 Å². The third-order valence-corrected chi connectivity index (χ3v) is 2.46. The van der Waals surface area contributed by atoms with Crippen LogP contribution in [0.15, 0.2) is 24.5 Å². The first kappa shape index (κ1) is 12.9. The van der Waals surface area contributed by atoms with Crippen LogP contribution >= 0.6 is 0 Å². The van der Waals surface area contributed by atoms with Crippen LogP contribution in [0.4, 0.5) is 0 Å². The molecule has 1 aromatic heterocycles. The van der Waals surface area contributed by atoms with Crippen molar-refractivity contribution in [3.05, 3.63) is 30.2 Å². The van der Waals surface area contributed by atoms with Gasteiger partial charge in [0.25, 0.3) is 5.91 Å². The Balaban J connectivity index is 1.98. The predicted octanol–water partition coefficient (Wildman–Crippen LogP) is -0.590. The second kappa shape index (κ2) is 5.89. The van der Waals surface area contributed by atoms with Gasteiger partial charge in [0.2, 0.25) is 5.76 Å². The van der Waals surface area contributed by atoms with Crippen LogP contribution in [0.2, 0.25) is 0 Å². The maximum Gasteiger partial charge on any atom is 0.326 e. The topological polar surface area (TPSA) is 114 Å². The van der Waals surface area contributed by atoms with Crippen LogP contribution in [-0.4, -0.2) is 46.2 Å². The van der Waals surface area contributed by atoms with Gasteiger partial charge in [-0.1, -0.05) is 0 Å². The second-order valence-corrected chi connectivity index (χ2v) is 3.85. The van der Waals surface area contributed by atoms with Gasteiger partial charge in [-0.2, -0.15) is 0 Å². The number of carbonyl (C=O) groups is 2. The Bertz CT molecular complexity index is 483. The van der Waals surface area contributed by atoms with Crippen LogP contribution in [0.5, 0.6) is 0 Å². The quantitative estimate of drug-likeness (QED) is 0.657. The van der Waals surface area contributed by atoms with Gasteiger partial charge in [0.15, 0.2) is 0 Å². The molecule has 1 aliphatic heterocycles. The number of carbonyl (C=O) groups excluding carboxylic acids is 1. The Kier molecular flexibility index (Phi) is 4.01. The summed E-state index contributed by atoms with van der Waals surface area (Å²) in [7, 11) is 0. The number of hydrogen-bond acceptors (Lipinski definition) is 5. The smallest absolute Gasteiger partial charge is 0.326 e. The summed E-state index contributed by atoms with van der Waals surface area (Å²) in [6.07, 6.45) is 4.22. The van der Waals surface area contributed by atoms with Gasteiger partial charge < -0.3 is 24.9 Å². The zero-order valence-electron chi connectivity index (χ0n) is 9.96.